The van der Waals surface area contributed by atoms with E-state index in [4.69, 9.17) is 5.11 Å². The van der Waals surface area contributed by atoms with Crippen LogP contribution >= 0.6 is 0 Å². The molecule has 0 spiro atoms. The standard InChI is InChI=1S/C13H17FN2O3/c1-9(2)16(7-3-4-12(17)18)13(19)11-6-5-10(14)8-15-11/h5-6,8-9H,3-4,7H2,1-2H3,(H,17,18). The molecule has 1 amide bonds. The Morgan fingerprint density at radius 2 is 2.11 bits per heavy atom. The highest BCUT2D eigenvalue weighted by molar-refractivity contribution is 5.92. The Morgan fingerprint density at radius 1 is 1.42 bits per heavy atom. The molecule has 0 aliphatic rings. The van der Waals surface area contributed by atoms with Gasteiger partial charge in [-0.3, -0.25) is 9.59 Å². The number of aliphatic carboxylic acids is 1. The predicted octanol–water partition coefficient (Wildman–Crippen LogP) is 1.94. The monoisotopic (exact) mass is 268 g/mol. The molecule has 0 radical (unpaired) electrons. The van der Waals surface area contributed by atoms with Crippen LogP contribution in [0, 0.1) is 5.82 Å². The van der Waals surface area contributed by atoms with E-state index in [0.717, 1.165) is 6.20 Å². The molecule has 104 valence electrons. The van der Waals surface area contributed by atoms with Gasteiger partial charge in [0, 0.05) is 19.0 Å². The van der Waals surface area contributed by atoms with Crippen LogP contribution in [-0.4, -0.2) is 39.5 Å². The minimum absolute atomic E-state index is 0.00729. The summed E-state index contributed by atoms with van der Waals surface area (Å²) in [6.07, 6.45) is 1.37. The summed E-state index contributed by atoms with van der Waals surface area (Å²) in [6, 6.07) is 2.42. The van der Waals surface area contributed by atoms with E-state index in [-0.39, 0.29) is 24.1 Å². The number of carbonyl (C=O) groups excluding carboxylic acids is 1. The van der Waals surface area contributed by atoms with E-state index >= 15 is 0 Å². The molecule has 19 heavy (non-hydrogen) atoms. The number of halogens is 1. The molecular formula is C13H17FN2O3. The Labute approximate surface area is 111 Å². The van der Waals surface area contributed by atoms with Crippen molar-refractivity contribution in [2.24, 2.45) is 0 Å². The van der Waals surface area contributed by atoms with Gasteiger partial charge in [0.1, 0.15) is 11.5 Å². The van der Waals surface area contributed by atoms with Crippen molar-refractivity contribution in [3.05, 3.63) is 29.8 Å². The maximum atomic E-state index is 12.7. The van der Waals surface area contributed by atoms with Gasteiger partial charge in [0.2, 0.25) is 0 Å². The zero-order valence-corrected chi connectivity index (χ0v) is 11.0. The zero-order chi connectivity index (χ0) is 14.4. The molecule has 0 atom stereocenters. The molecule has 1 N–H and O–H groups in total. The van der Waals surface area contributed by atoms with Crippen molar-refractivity contribution in [1.29, 1.82) is 0 Å². The van der Waals surface area contributed by atoms with Crippen LogP contribution in [0.25, 0.3) is 0 Å². The Balaban J connectivity index is 2.72. The lowest BCUT2D eigenvalue weighted by atomic mass is 10.2. The molecule has 1 rings (SSSR count). The minimum atomic E-state index is -0.893. The van der Waals surface area contributed by atoms with Gasteiger partial charge in [-0.05, 0) is 32.4 Å². The second-order valence-corrected chi connectivity index (χ2v) is 4.45. The fraction of sp³-hybridized carbons (Fsp3) is 0.462. The maximum Gasteiger partial charge on any atom is 0.303 e. The van der Waals surface area contributed by atoms with Crippen molar-refractivity contribution < 1.29 is 19.1 Å². The van der Waals surface area contributed by atoms with Gasteiger partial charge in [-0.15, -0.1) is 0 Å². The van der Waals surface area contributed by atoms with Crippen LogP contribution < -0.4 is 0 Å². The number of rotatable bonds is 6. The normalized spacial score (nSPS) is 10.5. The number of carboxylic acids is 1. The summed E-state index contributed by atoms with van der Waals surface area (Å²) >= 11 is 0. The van der Waals surface area contributed by atoms with Crippen molar-refractivity contribution in [3.63, 3.8) is 0 Å². The van der Waals surface area contributed by atoms with Gasteiger partial charge in [-0.25, -0.2) is 9.37 Å². The smallest absolute Gasteiger partial charge is 0.303 e. The summed E-state index contributed by atoms with van der Waals surface area (Å²) in [5, 5.41) is 8.59. The lowest BCUT2D eigenvalue weighted by Gasteiger charge is -2.26. The van der Waals surface area contributed by atoms with E-state index in [2.05, 4.69) is 4.98 Å². The number of nitrogens with zero attached hydrogens (tertiary/aromatic N) is 2. The van der Waals surface area contributed by atoms with E-state index in [9.17, 15) is 14.0 Å². The molecule has 1 aromatic rings. The summed E-state index contributed by atoms with van der Waals surface area (Å²) in [6.45, 7) is 4.01. The second kappa shape index (κ2) is 6.82. The molecule has 0 bridgehead atoms. The van der Waals surface area contributed by atoms with E-state index in [0.29, 0.717) is 13.0 Å². The zero-order valence-electron chi connectivity index (χ0n) is 11.0. The quantitative estimate of drug-likeness (QED) is 0.855. The summed E-state index contributed by atoms with van der Waals surface area (Å²) in [5.41, 5.74) is 0.158. The van der Waals surface area contributed by atoms with Crippen LogP contribution in [0.3, 0.4) is 0 Å². The lowest BCUT2D eigenvalue weighted by Crippen LogP contribution is -2.38. The van der Waals surface area contributed by atoms with Gasteiger partial charge in [0.15, 0.2) is 0 Å². The molecule has 0 aliphatic heterocycles. The van der Waals surface area contributed by atoms with Gasteiger partial charge in [0.25, 0.3) is 5.91 Å². The number of amides is 1. The molecule has 5 nitrogen and oxygen atoms in total. The fourth-order valence-corrected chi connectivity index (χ4v) is 1.64. The average Bonchev–Trinajstić information content (AvgIpc) is 2.34. The molecule has 0 aromatic carbocycles. The molecule has 0 unspecified atom stereocenters. The summed E-state index contributed by atoms with van der Waals surface area (Å²) < 4.78 is 12.7. The maximum absolute atomic E-state index is 12.7. The van der Waals surface area contributed by atoms with Crippen molar-refractivity contribution in [3.8, 4) is 0 Å². The van der Waals surface area contributed by atoms with Crippen molar-refractivity contribution in [2.75, 3.05) is 6.54 Å². The first kappa shape index (κ1) is 15.1. The van der Waals surface area contributed by atoms with Gasteiger partial charge >= 0.3 is 5.97 Å². The molecule has 0 aliphatic carbocycles. The van der Waals surface area contributed by atoms with Crippen LogP contribution in [0.1, 0.15) is 37.2 Å². The van der Waals surface area contributed by atoms with Crippen molar-refractivity contribution in [1.82, 2.24) is 9.88 Å². The second-order valence-electron chi connectivity index (χ2n) is 4.45. The number of carbonyl (C=O) groups is 2. The Bertz CT molecular complexity index is 446. The number of aromatic nitrogens is 1. The van der Waals surface area contributed by atoms with E-state index < -0.39 is 11.8 Å². The number of carboxylic acid groups (broad SMARTS) is 1. The molecule has 1 aromatic heterocycles. The Kier molecular flexibility index (Phi) is 5.41. The Hall–Kier alpha value is -1.98. The summed E-state index contributed by atoms with van der Waals surface area (Å²) in [4.78, 5) is 27.9. The predicted molar refractivity (Wildman–Crippen MR) is 67.2 cm³/mol. The third-order valence-corrected chi connectivity index (χ3v) is 2.62. The highest BCUT2D eigenvalue weighted by Crippen LogP contribution is 2.09. The van der Waals surface area contributed by atoms with Crippen LogP contribution in [0.15, 0.2) is 18.3 Å². The van der Waals surface area contributed by atoms with E-state index in [1.807, 2.05) is 13.8 Å². The fourth-order valence-electron chi connectivity index (χ4n) is 1.64. The third kappa shape index (κ3) is 4.65. The largest absolute Gasteiger partial charge is 0.481 e. The summed E-state index contributed by atoms with van der Waals surface area (Å²) in [7, 11) is 0. The Morgan fingerprint density at radius 3 is 2.58 bits per heavy atom. The number of hydrogen-bond acceptors (Lipinski definition) is 3. The van der Waals surface area contributed by atoms with Crippen LogP contribution in [0.4, 0.5) is 4.39 Å². The van der Waals surface area contributed by atoms with Gasteiger partial charge in [-0.2, -0.15) is 0 Å². The van der Waals surface area contributed by atoms with Crippen LogP contribution in [-0.2, 0) is 4.79 Å². The van der Waals surface area contributed by atoms with Gasteiger partial charge in [-0.1, -0.05) is 0 Å². The van der Waals surface area contributed by atoms with E-state index in [1.165, 1.54) is 17.0 Å². The number of hydrogen-bond donors (Lipinski definition) is 1. The van der Waals surface area contributed by atoms with Gasteiger partial charge < -0.3 is 10.0 Å². The lowest BCUT2D eigenvalue weighted by molar-refractivity contribution is -0.137. The first-order valence-corrected chi connectivity index (χ1v) is 6.06. The highest BCUT2D eigenvalue weighted by Gasteiger charge is 2.19. The topological polar surface area (TPSA) is 70.5 Å². The molecule has 0 saturated heterocycles. The SMILES string of the molecule is CC(C)N(CCCC(=O)O)C(=O)c1ccc(F)cn1. The highest BCUT2D eigenvalue weighted by atomic mass is 19.1. The first-order valence-electron chi connectivity index (χ1n) is 6.06. The summed E-state index contributed by atoms with van der Waals surface area (Å²) in [5.74, 6) is -1.71. The first-order chi connectivity index (χ1) is 8.91. The molecule has 0 saturated carbocycles. The van der Waals surface area contributed by atoms with Crippen molar-refractivity contribution >= 4 is 11.9 Å². The molecule has 6 heteroatoms. The van der Waals surface area contributed by atoms with Crippen molar-refractivity contribution in [2.45, 2.75) is 32.7 Å². The van der Waals surface area contributed by atoms with Gasteiger partial charge in [0.05, 0.1) is 6.20 Å². The molecular weight excluding hydrogens is 251 g/mol. The van der Waals surface area contributed by atoms with Crippen LogP contribution in [0.2, 0.25) is 0 Å². The number of pyridine rings is 1. The van der Waals surface area contributed by atoms with E-state index in [1.54, 1.807) is 0 Å². The average molecular weight is 268 g/mol. The molecule has 1 heterocycles. The minimum Gasteiger partial charge on any atom is -0.481 e. The molecule has 0 fully saturated rings. The third-order valence-electron chi connectivity index (χ3n) is 2.62. The van der Waals surface area contributed by atoms with Crippen LogP contribution in [0.5, 0.6) is 0 Å².